The highest BCUT2D eigenvalue weighted by Gasteiger charge is 2.33. The molecule has 1 aliphatic rings. The fourth-order valence-corrected chi connectivity index (χ4v) is 5.38. The maximum Gasteiger partial charge on any atom is 0.361 e. The summed E-state index contributed by atoms with van der Waals surface area (Å²) in [7, 11) is -3.52. The Labute approximate surface area is 198 Å². The minimum absolute atomic E-state index is 0.238. The Morgan fingerprint density at radius 2 is 1.64 bits per heavy atom. The van der Waals surface area contributed by atoms with Crippen LogP contribution in [-0.4, -0.2) is 19.1 Å². The number of amides is 1. The highest BCUT2D eigenvalue weighted by Crippen LogP contribution is 2.48. The lowest BCUT2D eigenvalue weighted by molar-refractivity contribution is -0.110. The van der Waals surface area contributed by atoms with Crippen LogP contribution in [0.4, 0.5) is 11.4 Å². The monoisotopic (exact) mass is 482 g/mol. The molecule has 0 aromatic heterocycles. The van der Waals surface area contributed by atoms with E-state index in [1.54, 1.807) is 44.2 Å². The highest BCUT2D eigenvalue weighted by atomic mass is 35.5. The van der Waals surface area contributed by atoms with Gasteiger partial charge in [-0.2, -0.15) is 0 Å². The number of carbonyl (C=O) groups is 1. The number of carbonyl (C=O) groups excluding carboxylic acids is 1. The van der Waals surface area contributed by atoms with Gasteiger partial charge in [0.05, 0.1) is 29.8 Å². The van der Waals surface area contributed by atoms with Crippen LogP contribution in [0.1, 0.15) is 25.0 Å². The third-order valence-electron chi connectivity index (χ3n) is 5.09. The maximum absolute atomic E-state index is 13.4. The first-order valence-electron chi connectivity index (χ1n) is 10.6. The molecule has 0 spiro atoms. The van der Waals surface area contributed by atoms with E-state index in [0.717, 1.165) is 11.3 Å². The second kappa shape index (κ2) is 9.94. The molecular formula is C25H24ClN2O4P. The first-order valence-corrected chi connectivity index (χ1v) is 12.5. The number of hydrogen-bond donors (Lipinski definition) is 2. The Balaban J connectivity index is 1.89. The zero-order chi connectivity index (χ0) is 23.4. The predicted molar refractivity (Wildman–Crippen MR) is 134 cm³/mol. The van der Waals surface area contributed by atoms with E-state index in [4.69, 9.17) is 20.6 Å². The molecule has 170 valence electrons. The summed E-state index contributed by atoms with van der Waals surface area (Å²) < 4.78 is 24.4. The minimum Gasteiger partial charge on any atom is -0.354 e. The molecule has 0 radical (unpaired) electrons. The average molecular weight is 483 g/mol. The van der Waals surface area contributed by atoms with Crippen molar-refractivity contribution in [3.63, 3.8) is 0 Å². The van der Waals surface area contributed by atoms with E-state index in [1.807, 2.05) is 42.5 Å². The van der Waals surface area contributed by atoms with Gasteiger partial charge in [0.1, 0.15) is 0 Å². The highest BCUT2D eigenvalue weighted by molar-refractivity contribution is 7.62. The van der Waals surface area contributed by atoms with Gasteiger partial charge >= 0.3 is 7.60 Å². The molecule has 3 aromatic rings. The second-order valence-corrected chi connectivity index (χ2v) is 9.73. The first-order chi connectivity index (χ1) is 15.9. The minimum atomic E-state index is -3.52. The van der Waals surface area contributed by atoms with Gasteiger partial charge in [-0.1, -0.05) is 41.9 Å². The molecule has 1 aliphatic heterocycles. The van der Waals surface area contributed by atoms with E-state index in [1.165, 1.54) is 0 Å². The van der Waals surface area contributed by atoms with Gasteiger partial charge in [-0.15, -0.1) is 0 Å². The van der Waals surface area contributed by atoms with Gasteiger partial charge in [-0.05, 0) is 61.9 Å². The fraction of sp³-hybridized carbons (Fsp3) is 0.160. The van der Waals surface area contributed by atoms with Crippen molar-refractivity contribution in [3.8, 4) is 0 Å². The summed E-state index contributed by atoms with van der Waals surface area (Å²) in [5, 5.41) is 7.30. The largest absolute Gasteiger partial charge is 0.361 e. The van der Waals surface area contributed by atoms with E-state index >= 15 is 0 Å². The molecule has 0 saturated heterocycles. The molecule has 0 saturated carbocycles. The number of rotatable bonds is 8. The van der Waals surface area contributed by atoms with Gasteiger partial charge < -0.3 is 19.7 Å². The van der Waals surface area contributed by atoms with E-state index in [9.17, 15) is 9.36 Å². The summed E-state index contributed by atoms with van der Waals surface area (Å²) in [5.74, 6) is -0.259. The zero-order valence-corrected chi connectivity index (χ0v) is 20.0. The Morgan fingerprint density at radius 1 is 0.970 bits per heavy atom. The van der Waals surface area contributed by atoms with Crippen LogP contribution in [0.25, 0.3) is 11.3 Å². The lowest BCUT2D eigenvalue weighted by Gasteiger charge is -2.18. The molecule has 0 fully saturated rings. The normalized spacial score (nSPS) is 14.6. The molecule has 33 heavy (non-hydrogen) atoms. The summed E-state index contributed by atoms with van der Waals surface area (Å²) in [5.41, 5.74) is 3.91. The van der Waals surface area contributed by atoms with E-state index in [-0.39, 0.29) is 19.1 Å². The molecule has 0 unspecified atom stereocenters. The van der Waals surface area contributed by atoms with Crippen molar-refractivity contribution >= 4 is 53.1 Å². The quantitative estimate of drug-likeness (QED) is 0.297. The molecule has 2 N–H and O–H groups in total. The van der Waals surface area contributed by atoms with Crippen LogP contribution in [0.3, 0.4) is 0 Å². The SMILES string of the molecule is CCOP(=O)(OCC)c1ccc2c(c1)/C(=C(/Nc1ccc(Cl)cc1)c1ccccc1)C(=O)N2. The van der Waals surface area contributed by atoms with Gasteiger partial charge in [-0.25, -0.2) is 0 Å². The number of halogens is 1. The molecule has 0 aliphatic carbocycles. The number of benzene rings is 3. The third-order valence-corrected chi connectivity index (χ3v) is 7.45. The second-order valence-electron chi connectivity index (χ2n) is 7.26. The van der Waals surface area contributed by atoms with Crippen LogP contribution < -0.4 is 15.9 Å². The van der Waals surface area contributed by atoms with Gasteiger partial charge in [-0.3, -0.25) is 9.36 Å². The van der Waals surface area contributed by atoms with Crippen LogP contribution in [0.2, 0.25) is 5.02 Å². The smallest absolute Gasteiger partial charge is 0.354 e. The summed E-state index contributed by atoms with van der Waals surface area (Å²) in [6.45, 7) is 4.00. The lowest BCUT2D eigenvalue weighted by atomic mass is 10.00. The van der Waals surface area contributed by atoms with Crippen LogP contribution >= 0.6 is 19.2 Å². The molecular weight excluding hydrogens is 459 g/mol. The fourth-order valence-electron chi connectivity index (χ4n) is 3.66. The molecule has 0 atom stereocenters. The molecule has 1 heterocycles. The van der Waals surface area contributed by atoms with Crippen molar-refractivity contribution in [2.45, 2.75) is 13.8 Å². The standard InChI is InChI=1S/C25H24ClN2O4P/c1-3-31-33(30,32-4-2)20-14-15-22-21(16-20)23(25(29)28-22)24(17-8-6-5-7-9-17)27-19-12-10-18(26)11-13-19/h5-16,27H,3-4H2,1-2H3,(H,28,29)/b24-23-. The van der Waals surface area contributed by atoms with Crippen LogP contribution in [0.15, 0.2) is 72.8 Å². The zero-order valence-electron chi connectivity index (χ0n) is 18.3. The topological polar surface area (TPSA) is 76.7 Å². The van der Waals surface area contributed by atoms with Crippen molar-refractivity contribution < 1.29 is 18.4 Å². The number of hydrogen-bond acceptors (Lipinski definition) is 5. The van der Waals surface area contributed by atoms with Crippen LogP contribution in [0, 0.1) is 0 Å². The van der Waals surface area contributed by atoms with Crippen molar-refractivity contribution in [1.82, 2.24) is 0 Å². The van der Waals surface area contributed by atoms with Gasteiger partial charge in [0.15, 0.2) is 0 Å². The number of nitrogens with one attached hydrogen (secondary N) is 2. The van der Waals surface area contributed by atoms with Gasteiger partial charge in [0.25, 0.3) is 5.91 Å². The van der Waals surface area contributed by atoms with Crippen LogP contribution in [0.5, 0.6) is 0 Å². The average Bonchev–Trinajstić information content (AvgIpc) is 3.14. The van der Waals surface area contributed by atoms with Crippen molar-refractivity contribution in [3.05, 3.63) is 88.9 Å². The summed E-state index contributed by atoms with van der Waals surface area (Å²) in [4.78, 5) is 13.1. The molecule has 0 bridgehead atoms. The third kappa shape index (κ3) is 4.90. The summed E-state index contributed by atoms with van der Waals surface area (Å²) in [6, 6.07) is 21.9. The summed E-state index contributed by atoms with van der Waals surface area (Å²) in [6.07, 6.45) is 0. The number of anilines is 2. The van der Waals surface area contributed by atoms with Crippen LogP contribution in [-0.2, 0) is 18.4 Å². The van der Waals surface area contributed by atoms with E-state index in [2.05, 4.69) is 10.6 Å². The molecule has 1 amide bonds. The Morgan fingerprint density at radius 3 is 2.27 bits per heavy atom. The Bertz CT molecular complexity index is 1230. The molecule has 8 heteroatoms. The Hall–Kier alpha value is -2.89. The lowest BCUT2D eigenvalue weighted by Crippen LogP contribution is -2.12. The summed E-state index contributed by atoms with van der Waals surface area (Å²) >= 11 is 6.04. The van der Waals surface area contributed by atoms with Gasteiger partial charge in [0.2, 0.25) is 0 Å². The maximum atomic E-state index is 13.4. The van der Waals surface area contributed by atoms with Crippen molar-refractivity contribution in [2.75, 3.05) is 23.8 Å². The van der Waals surface area contributed by atoms with Crippen molar-refractivity contribution in [1.29, 1.82) is 0 Å². The first kappa shape index (κ1) is 23.3. The Kier molecular flexibility index (Phi) is 7.01. The predicted octanol–water partition coefficient (Wildman–Crippen LogP) is 6.16. The van der Waals surface area contributed by atoms with Gasteiger partial charge in [0, 0.05) is 22.0 Å². The molecule has 4 rings (SSSR count). The molecule has 3 aromatic carbocycles. The molecule has 6 nitrogen and oxygen atoms in total. The van der Waals surface area contributed by atoms with Crippen molar-refractivity contribution in [2.24, 2.45) is 0 Å². The van der Waals surface area contributed by atoms with E-state index < -0.39 is 7.60 Å². The van der Waals surface area contributed by atoms with E-state index in [0.29, 0.717) is 32.8 Å². The number of fused-ring (bicyclic) bond motifs is 1.